The van der Waals surface area contributed by atoms with Gasteiger partial charge in [-0.2, -0.15) is 4.98 Å². The number of hydrogen-bond acceptors (Lipinski definition) is 8. The molecule has 0 fully saturated rings. The number of nitrogens with zero attached hydrogens (tertiary/aromatic N) is 3. The standard InChI is InChI=1S/C19H13N3O6/c1-11-20-16(21-27-11)10-26-13-6-4-5-12(9-13)19(25)28-22-17(23)14-7-2-3-8-15(14)18(22)24/h2-9H,10H2,1H3. The topological polar surface area (TPSA) is 112 Å². The summed E-state index contributed by atoms with van der Waals surface area (Å²) in [6, 6.07) is 12.4. The first-order chi connectivity index (χ1) is 13.5. The summed E-state index contributed by atoms with van der Waals surface area (Å²) in [6.07, 6.45) is 0. The van der Waals surface area contributed by atoms with Crippen molar-refractivity contribution in [3.63, 3.8) is 0 Å². The van der Waals surface area contributed by atoms with E-state index in [1.807, 2.05) is 0 Å². The van der Waals surface area contributed by atoms with E-state index in [1.165, 1.54) is 24.3 Å². The van der Waals surface area contributed by atoms with Crippen LogP contribution in [0.5, 0.6) is 5.75 Å². The number of imide groups is 1. The summed E-state index contributed by atoms with van der Waals surface area (Å²) in [6.45, 7) is 1.71. The molecular weight excluding hydrogens is 366 g/mol. The van der Waals surface area contributed by atoms with Gasteiger partial charge in [-0.3, -0.25) is 9.59 Å². The van der Waals surface area contributed by atoms with E-state index < -0.39 is 17.8 Å². The lowest BCUT2D eigenvalue weighted by Gasteiger charge is -2.13. The molecule has 0 spiro atoms. The van der Waals surface area contributed by atoms with Crippen molar-refractivity contribution in [3.05, 3.63) is 76.9 Å². The van der Waals surface area contributed by atoms with Crippen molar-refractivity contribution in [2.45, 2.75) is 13.5 Å². The predicted octanol–water partition coefficient (Wildman–Crippen LogP) is 2.33. The minimum Gasteiger partial charge on any atom is -0.485 e. The first-order valence-corrected chi connectivity index (χ1v) is 8.25. The Labute approximate surface area is 158 Å². The van der Waals surface area contributed by atoms with Gasteiger partial charge in [-0.05, 0) is 30.3 Å². The number of fused-ring (bicyclic) bond motifs is 1. The molecule has 1 aliphatic rings. The Morgan fingerprint density at radius 1 is 1.07 bits per heavy atom. The fourth-order valence-corrected chi connectivity index (χ4v) is 2.65. The first-order valence-electron chi connectivity index (χ1n) is 8.25. The van der Waals surface area contributed by atoms with Crippen molar-refractivity contribution in [2.24, 2.45) is 0 Å². The summed E-state index contributed by atoms with van der Waals surface area (Å²) in [7, 11) is 0. The van der Waals surface area contributed by atoms with Crippen LogP contribution in [-0.4, -0.2) is 33.0 Å². The number of hydrogen-bond donors (Lipinski definition) is 0. The van der Waals surface area contributed by atoms with Crippen LogP contribution in [0.15, 0.2) is 53.1 Å². The van der Waals surface area contributed by atoms with Gasteiger partial charge in [-0.15, -0.1) is 0 Å². The molecule has 9 nitrogen and oxygen atoms in total. The third-order valence-corrected chi connectivity index (χ3v) is 3.94. The largest absolute Gasteiger partial charge is 0.485 e. The van der Waals surface area contributed by atoms with Crippen LogP contribution >= 0.6 is 0 Å². The van der Waals surface area contributed by atoms with Crippen LogP contribution in [0.4, 0.5) is 0 Å². The lowest BCUT2D eigenvalue weighted by atomic mass is 10.1. The minimum absolute atomic E-state index is 0.0498. The van der Waals surface area contributed by atoms with Gasteiger partial charge in [-0.25, -0.2) is 4.79 Å². The van der Waals surface area contributed by atoms with Gasteiger partial charge in [0.15, 0.2) is 6.61 Å². The van der Waals surface area contributed by atoms with E-state index in [0.717, 1.165) is 0 Å². The van der Waals surface area contributed by atoms with E-state index in [1.54, 1.807) is 31.2 Å². The lowest BCUT2D eigenvalue weighted by Crippen LogP contribution is -2.32. The van der Waals surface area contributed by atoms with Gasteiger partial charge >= 0.3 is 5.97 Å². The van der Waals surface area contributed by atoms with Crippen LogP contribution in [0, 0.1) is 6.92 Å². The van der Waals surface area contributed by atoms with Crippen LogP contribution < -0.4 is 4.74 Å². The zero-order valence-electron chi connectivity index (χ0n) is 14.6. The monoisotopic (exact) mass is 379 g/mol. The van der Waals surface area contributed by atoms with Gasteiger partial charge in [0.1, 0.15) is 5.75 Å². The number of hydroxylamine groups is 2. The Morgan fingerprint density at radius 2 is 1.79 bits per heavy atom. The van der Waals surface area contributed by atoms with Crippen molar-refractivity contribution < 1.29 is 28.5 Å². The van der Waals surface area contributed by atoms with Crippen LogP contribution in [0.2, 0.25) is 0 Å². The zero-order chi connectivity index (χ0) is 19.7. The normalized spacial score (nSPS) is 12.8. The molecule has 9 heteroatoms. The second-order valence-corrected chi connectivity index (χ2v) is 5.88. The average molecular weight is 379 g/mol. The summed E-state index contributed by atoms with van der Waals surface area (Å²) in [5, 5.41) is 4.17. The van der Waals surface area contributed by atoms with Crippen LogP contribution in [0.1, 0.15) is 42.8 Å². The molecule has 0 saturated heterocycles. The highest BCUT2D eigenvalue weighted by atomic mass is 16.7. The summed E-state index contributed by atoms with van der Waals surface area (Å²) in [4.78, 5) is 46.0. The number of benzene rings is 2. The first kappa shape index (κ1) is 17.4. The molecule has 3 aromatic rings. The summed E-state index contributed by atoms with van der Waals surface area (Å²) in [5.74, 6) is -1.11. The number of carbonyl (C=O) groups excluding carboxylic acids is 3. The van der Waals surface area contributed by atoms with E-state index in [0.29, 0.717) is 22.5 Å². The Hall–Kier alpha value is -4.01. The van der Waals surface area contributed by atoms with E-state index in [4.69, 9.17) is 14.1 Å². The van der Waals surface area contributed by atoms with Gasteiger partial charge in [0, 0.05) is 6.92 Å². The molecule has 4 rings (SSSR count). The van der Waals surface area contributed by atoms with Gasteiger partial charge in [0.25, 0.3) is 11.8 Å². The highest BCUT2D eigenvalue weighted by Gasteiger charge is 2.38. The molecule has 1 aromatic heterocycles. The Balaban J connectivity index is 1.45. The lowest BCUT2D eigenvalue weighted by molar-refractivity contribution is -0.0584. The Bertz CT molecular complexity index is 1060. The Kier molecular flexibility index (Phi) is 4.32. The summed E-state index contributed by atoms with van der Waals surface area (Å²) >= 11 is 0. The molecule has 0 aliphatic carbocycles. The van der Waals surface area contributed by atoms with Crippen LogP contribution in [0.3, 0.4) is 0 Å². The number of aromatic nitrogens is 2. The Morgan fingerprint density at radius 3 is 2.43 bits per heavy atom. The maximum Gasteiger partial charge on any atom is 0.364 e. The molecule has 0 unspecified atom stereocenters. The molecule has 2 heterocycles. The molecule has 2 amide bonds. The second kappa shape index (κ2) is 6.95. The number of aryl methyl sites for hydroxylation is 1. The highest BCUT2D eigenvalue weighted by Crippen LogP contribution is 2.24. The SMILES string of the molecule is Cc1nc(COc2cccc(C(=O)ON3C(=O)c4ccccc4C3=O)c2)no1. The number of rotatable bonds is 5. The zero-order valence-corrected chi connectivity index (χ0v) is 14.6. The van der Waals surface area contributed by atoms with Gasteiger partial charge in [0.2, 0.25) is 11.7 Å². The van der Waals surface area contributed by atoms with Gasteiger partial charge in [-0.1, -0.05) is 28.4 Å². The molecule has 0 atom stereocenters. The number of amides is 2. The molecule has 2 aromatic carbocycles. The maximum atomic E-state index is 12.4. The second-order valence-electron chi connectivity index (χ2n) is 5.88. The smallest absolute Gasteiger partial charge is 0.364 e. The van der Waals surface area contributed by atoms with Crippen molar-refractivity contribution in [1.82, 2.24) is 15.2 Å². The summed E-state index contributed by atoms with van der Waals surface area (Å²) in [5.41, 5.74) is 0.485. The van der Waals surface area contributed by atoms with Gasteiger partial charge < -0.3 is 14.1 Å². The molecule has 0 bridgehead atoms. The van der Waals surface area contributed by atoms with E-state index in [-0.39, 0.29) is 23.3 Å². The third kappa shape index (κ3) is 3.20. The van der Waals surface area contributed by atoms with Gasteiger partial charge in [0.05, 0.1) is 16.7 Å². The maximum absolute atomic E-state index is 12.4. The van der Waals surface area contributed by atoms with E-state index in [9.17, 15) is 14.4 Å². The van der Waals surface area contributed by atoms with Crippen molar-refractivity contribution in [2.75, 3.05) is 0 Å². The van der Waals surface area contributed by atoms with Crippen molar-refractivity contribution in [3.8, 4) is 5.75 Å². The molecule has 0 radical (unpaired) electrons. The fourth-order valence-electron chi connectivity index (χ4n) is 2.65. The fraction of sp³-hybridized carbons (Fsp3) is 0.105. The molecule has 1 aliphatic heterocycles. The minimum atomic E-state index is -0.865. The quantitative estimate of drug-likeness (QED) is 0.621. The molecule has 140 valence electrons. The summed E-state index contributed by atoms with van der Waals surface area (Å²) < 4.78 is 10.4. The number of carbonyl (C=O) groups is 3. The van der Waals surface area contributed by atoms with E-state index >= 15 is 0 Å². The van der Waals surface area contributed by atoms with Crippen molar-refractivity contribution >= 4 is 17.8 Å². The number of ether oxygens (including phenoxy) is 1. The average Bonchev–Trinajstić information content (AvgIpc) is 3.23. The third-order valence-electron chi connectivity index (χ3n) is 3.94. The molecular formula is C19H13N3O6. The van der Waals surface area contributed by atoms with Crippen LogP contribution in [-0.2, 0) is 11.4 Å². The van der Waals surface area contributed by atoms with Crippen molar-refractivity contribution in [1.29, 1.82) is 0 Å². The molecule has 0 N–H and O–H groups in total. The van der Waals surface area contributed by atoms with E-state index in [2.05, 4.69) is 10.1 Å². The van der Waals surface area contributed by atoms with Crippen LogP contribution in [0.25, 0.3) is 0 Å². The highest BCUT2D eigenvalue weighted by molar-refractivity contribution is 6.21. The predicted molar refractivity (Wildman–Crippen MR) is 92.2 cm³/mol. The molecule has 0 saturated carbocycles. The molecule has 28 heavy (non-hydrogen) atoms.